The molecular formula is C18H20Cl3N. The van der Waals surface area contributed by atoms with Crippen molar-refractivity contribution in [1.82, 2.24) is 5.32 Å². The van der Waals surface area contributed by atoms with Gasteiger partial charge in [-0.3, -0.25) is 0 Å². The van der Waals surface area contributed by atoms with Crippen molar-refractivity contribution in [2.45, 2.75) is 39.3 Å². The second kappa shape index (κ2) is 7.70. The average molecular weight is 357 g/mol. The molecule has 0 aromatic heterocycles. The number of hydrogen-bond acceptors (Lipinski definition) is 1. The van der Waals surface area contributed by atoms with Crippen LogP contribution in [0.15, 0.2) is 36.4 Å². The van der Waals surface area contributed by atoms with Gasteiger partial charge in [0.15, 0.2) is 0 Å². The Morgan fingerprint density at radius 1 is 0.864 bits per heavy atom. The van der Waals surface area contributed by atoms with E-state index in [1.54, 1.807) is 6.07 Å². The van der Waals surface area contributed by atoms with E-state index in [0.717, 1.165) is 12.1 Å². The second-order valence-electron chi connectivity index (χ2n) is 5.76. The molecule has 0 aliphatic rings. The molecule has 0 saturated carbocycles. The van der Waals surface area contributed by atoms with E-state index in [9.17, 15) is 0 Å². The normalized spacial score (nSPS) is 12.7. The predicted molar refractivity (Wildman–Crippen MR) is 97.3 cm³/mol. The van der Waals surface area contributed by atoms with Gasteiger partial charge in [-0.2, -0.15) is 0 Å². The highest BCUT2D eigenvalue weighted by Crippen LogP contribution is 2.35. The molecule has 1 nitrogen and oxygen atoms in total. The van der Waals surface area contributed by atoms with E-state index in [4.69, 9.17) is 34.8 Å². The zero-order valence-corrected chi connectivity index (χ0v) is 15.2. The van der Waals surface area contributed by atoms with Crippen LogP contribution >= 0.6 is 34.8 Å². The van der Waals surface area contributed by atoms with Crippen LogP contribution in [-0.4, -0.2) is 0 Å². The van der Waals surface area contributed by atoms with Crippen LogP contribution in [0.5, 0.6) is 0 Å². The molecule has 1 N–H and O–H groups in total. The summed E-state index contributed by atoms with van der Waals surface area (Å²) >= 11 is 18.3. The van der Waals surface area contributed by atoms with Crippen LogP contribution in [-0.2, 0) is 6.54 Å². The molecule has 0 radical (unpaired) electrons. The maximum atomic E-state index is 6.27. The van der Waals surface area contributed by atoms with Gasteiger partial charge < -0.3 is 5.32 Å². The summed E-state index contributed by atoms with van der Waals surface area (Å²) in [6.45, 7) is 7.23. The quantitative estimate of drug-likeness (QED) is 0.593. The Hall–Kier alpha value is -0.730. The Kier molecular flexibility index (Phi) is 6.17. The number of halogens is 3. The van der Waals surface area contributed by atoms with Crippen LogP contribution < -0.4 is 5.32 Å². The second-order valence-corrected chi connectivity index (χ2v) is 6.93. The molecule has 4 heteroatoms. The van der Waals surface area contributed by atoms with Gasteiger partial charge in [-0.25, -0.2) is 0 Å². The van der Waals surface area contributed by atoms with Crippen molar-refractivity contribution in [3.8, 4) is 0 Å². The maximum absolute atomic E-state index is 6.27. The molecule has 0 amide bonds. The molecule has 0 fully saturated rings. The van der Waals surface area contributed by atoms with Gasteiger partial charge >= 0.3 is 0 Å². The number of rotatable bonds is 5. The predicted octanol–water partition coefficient (Wildman–Crippen LogP) is 6.62. The van der Waals surface area contributed by atoms with Gasteiger partial charge in [0.05, 0.1) is 15.1 Å². The van der Waals surface area contributed by atoms with Crippen molar-refractivity contribution in [1.29, 1.82) is 0 Å². The lowest BCUT2D eigenvalue weighted by atomic mass is 10.0. The van der Waals surface area contributed by atoms with Crippen LogP contribution in [0.1, 0.15) is 49.4 Å². The molecule has 2 rings (SSSR count). The summed E-state index contributed by atoms with van der Waals surface area (Å²) in [5, 5.41) is 4.87. The minimum atomic E-state index is 0.0899. The van der Waals surface area contributed by atoms with E-state index in [-0.39, 0.29) is 6.04 Å². The molecular weight excluding hydrogens is 337 g/mol. The summed E-state index contributed by atoms with van der Waals surface area (Å²) in [6, 6.07) is 12.5. The summed E-state index contributed by atoms with van der Waals surface area (Å²) in [4.78, 5) is 0. The van der Waals surface area contributed by atoms with Gasteiger partial charge in [0.2, 0.25) is 0 Å². The van der Waals surface area contributed by atoms with Crippen molar-refractivity contribution >= 4 is 34.8 Å². The van der Waals surface area contributed by atoms with E-state index >= 15 is 0 Å². The van der Waals surface area contributed by atoms with Gasteiger partial charge in [0, 0.05) is 12.6 Å². The lowest BCUT2D eigenvalue weighted by Gasteiger charge is -2.17. The molecule has 0 saturated heterocycles. The summed E-state index contributed by atoms with van der Waals surface area (Å²) < 4.78 is 0. The highest BCUT2D eigenvalue weighted by molar-refractivity contribution is 6.48. The van der Waals surface area contributed by atoms with Crippen LogP contribution in [0.25, 0.3) is 0 Å². The first-order valence-corrected chi connectivity index (χ1v) is 8.49. The van der Waals surface area contributed by atoms with Crippen LogP contribution in [0, 0.1) is 0 Å². The SMILES string of the molecule is CC(C)c1ccc(CNC(C)c2ccc(Cl)c(Cl)c2Cl)cc1. The number of nitrogens with one attached hydrogen (secondary N) is 1. The lowest BCUT2D eigenvalue weighted by Crippen LogP contribution is -2.18. The van der Waals surface area contributed by atoms with Gasteiger partial charge in [-0.15, -0.1) is 0 Å². The van der Waals surface area contributed by atoms with E-state index < -0.39 is 0 Å². The zero-order valence-electron chi connectivity index (χ0n) is 13.0. The Labute approximate surface area is 147 Å². The maximum Gasteiger partial charge on any atom is 0.0781 e. The third-order valence-electron chi connectivity index (χ3n) is 3.79. The molecule has 2 aromatic carbocycles. The summed E-state index contributed by atoms with van der Waals surface area (Å²) in [5.41, 5.74) is 3.55. The Balaban J connectivity index is 2.03. The standard InChI is InChI=1S/C18H20Cl3N/c1-11(2)14-6-4-13(5-7-14)10-22-12(3)15-8-9-16(19)18(21)17(15)20/h4-9,11-12,22H,10H2,1-3H3. The highest BCUT2D eigenvalue weighted by atomic mass is 35.5. The molecule has 0 aliphatic heterocycles. The Bertz CT molecular complexity index is 636. The van der Waals surface area contributed by atoms with Gasteiger partial charge in [0.1, 0.15) is 0 Å². The molecule has 0 heterocycles. The molecule has 1 atom stereocenters. The van der Waals surface area contributed by atoms with Crippen LogP contribution in [0.4, 0.5) is 0 Å². The van der Waals surface area contributed by atoms with Gasteiger partial charge in [0.25, 0.3) is 0 Å². The molecule has 2 aromatic rings. The average Bonchev–Trinajstić information content (AvgIpc) is 2.51. The third kappa shape index (κ3) is 4.17. The fraction of sp³-hybridized carbons (Fsp3) is 0.333. The van der Waals surface area contributed by atoms with Gasteiger partial charge in [-0.1, -0.05) is 79.0 Å². The molecule has 1 unspecified atom stereocenters. The van der Waals surface area contributed by atoms with Crippen LogP contribution in [0.2, 0.25) is 15.1 Å². The monoisotopic (exact) mass is 355 g/mol. The Morgan fingerprint density at radius 2 is 1.50 bits per heavy atom. The van der Waals surface area contributed by atoms with Crippen molar-refractivity contribution in [2.75, 3.05) is 0 Å². The Morgan fingerprint density at radius 3 is 2.09 bits per heavy atom. The molecule has 0 bridgehead atoms. The first kappa shape index (κ1) is 17.6. The summed E-state index contributed by atoms with van der Waals surface area (Å²) in [5.74, 6) is 0.552. The van der Waals surface area contributed by atoms with Crippen molar-refractivity contribution in [3.63, 3.8) is 0 Å². The summed E-state index contributed by atoms with van der Waals surface area (Å²) in [6.07, 6.45) is 0. The third-order valence-corrected chi connectivity index (χ3v) is 5.10. The minimum Gasteiger partial charge on any atom is -0.306 e. The molecule has 118 valence electrons. The van der Waals surface area contributed by atoms with Crippen molar-refractivity contribution < 1.29 is 0 Å². The highest BCUT2D eigenvalue weighted by Gasteiger charge is 2.14. The van der Waals surface area contributed by atoms with E-state index in [1.165, 1.54) is 11.1 Å². The van der Waals surface area contributed by atoms with E-state index in [1.807, 2.05) is 6.07 Å². The van der Waals surface area contributed by atoms with Crippen LogP contribution in [0.3, 0.4) is 0 Å². The fourth-order valence-corrected chi connectivity index (χ4v) is 2.98. The number of hydrogen-bond donors (Lipinski definition) is 1. The lowest BCUT2D eigenvalue weighted by molar-refractivity contribution is 0.575. The topological polar surface area (TPSA) is 12.0 Å². The van der Waals surface area contributed by atoms with E-state index in [2.05, 4.69) is 50.4 Å². The fourth-order valence-electron chi connectivity index (χ4n) is 2.28. The largest absolute Gasteiger partial charge is 0.306 e. The molecule has 22 heavy (non-hydrogen) atoms. The first-order chi connectivity index (χ1) is 10.4. The molecule has 0 aliphatic carbocycles. The van der Waals surface area contributed by atoms with Crippen molar-refractivity contribution in [2.24, 2.45) is 0 Å². The smallest absolute Gasteiger partial charge is 0.0781 e. The molecule has 0 spiro atoms. The van der Waals surface area contributed by atoms with Crippen molar-refractivity contribution in [3.05, 3.63) is 68.2 Å². The van der Waals surface area contributed by atoms with Gasteiger partial charge in [-0.05, 0) is 35.6 Å². The first-order valence-electron chi connectivity index (χ1n) is 7.35. The van der Waals surface area contributed by atoms with E-state index in [0.29, 0.717) is 21.0 Å². The minimum absolute atomic E-state index is 0.0899. The number of benzene rings is 2. The summed E-state index contributed by atoms with van der Waals surface area (Å²) in [7, 11) is 0. The zero-order chi connectivity index (χ0) is 16.3.